The maximum atomic E-state index is 12.2. The molecule has 1 aliphatic rings. The van der Waals surface area contributed by atoms with E-state index < -0.39 is 0 Å². The van der Waals surface area contributed by atoms with Crippen molar-refractivity contribution in [3.63, 3.8) is 0 Å². The van der Waals surface area contributed by atoms with Crippen LogP contribution in [-0.2, 0) is 16.1 Å². The third kappa shape index (κ3) is 7.44. The molecule has 6 nitrogen and oxygen atoms in total. The smallest absolute Gasteiger partial charge is 0.262 e. The van der Waals surface area contributed by atoms with Gasteiger partial charge in [0.25, 0.3) is 5.91 Å². The van der Waals surface area contributed by atoms with E-state index in [2.05, 4.69) is 31.5 Å². The van der Waals surface area contributed by atoms with Crippen LogP contribution in [0.5, 0.6) is 5.75 Å². The van der Waals surface area contributed by atoms with Crippen molar-refractivity contribution in [2.45, 2.75) is 13.5 Å². The van der Waals surface area contributed by atoms with Crippen LogP contribution in [0, 0.1) is 6.92 Å². The van der Waals surface area contributed by atoms with Gasteiger partial charge in [0.1, 0.15) is 5.75 Å². The van der Waals surface area contributed by atoms with E-state index in [9.17, 15) is 4.79 Å². The minimum atomic E-state index is -0.178. The summed E-state index contributed by atoms with van der Waals surface area (Å²) in [4.78, 5) is 14.6. The molecular weight excluding hydrogens is 434 g/mol. The number of aryl methyl sites for hydroxylation is 1. The lowest BCUT2D eigenvalue weighted by molar-refractivity contribution is -0.118. The summed E-state index contributed by atoms with van der Waals surface area (Å²) in [5.74, 6) is 0.536. The zero-order valence-electron chi connectivity index (χ0n) is 16.7. The Bertz CT molecular complexity index is 792. The van der Waals surface area contributed by atoms with Gasteiger partial charge in [0.2, 0.25) is 0 Å². The fourth-order valence-electron chi connectivity index (χ4n) is 3.09. The molecule has 0 atom stereocenters. The number of rotatable bonds is 9. The Kier molecular flexibility index (Phi) is 8.49. The lowest BCUT2D eigenvalue weighted by Gasteiger charge is -2.26. The van der Waals surface area contributed by atoms with Gasteiger partial charge in [-0.2, -0.15) is 0 Å². The molecule has 29 heavy (non-hydrogen) atoms. The van der Waals surface area contributed by atoms with Crippen molar-refractivity contribution >= 4 is 27.5 Å². The largest absolute Gasteiger partial charge is 0.483 e. The van der Waals surface area contributed by atoms with Gasteiger partial charge in [-0.05, 0) is 37.3 Å². The summed E-state index contributed by atoms with van der Waals surface area (Å²) in [7, 11) is 0. The van der Waals surface area contributed by atoms with E-state index in [4.69, 9.17) is 9.47 Å². The minimum Gasteiger partial charge on any atom is -0.483 e. The van der Waals surface area contributed by atoms with Crippen LogP contribution in [0.3, 0.4) is 0 Å². The summed E-state index contributed by atoms with van der Waals surface area (Å²) < 4.78 is 12.2. The van der Waals surface area contributed by atoms with E-state index in [0.29, 0.717) is 12.3 Å². The van der Waals surface area contributed by atoms with Crippen LogP contribution in [0.1, 0.15) is 11.1 Å². The number of halogens is 1. The highest BCUT2D eigenvalue weighted by atomic mass is 79.9. The number of carbonyl (C=O) groups is 1. The standard InChI is InChI=1S/C22H28BrN3O3/c1-17-2-5-20(6-3-17)25-22(27)16-29-21-7-4-19(23)14-18(21)15-24-8-9-26-10-12-28-13-11-26/h2-7,14,24H,8-13,15-16H2,1H3,(H,25,27). The Morgan fingerprint density at radius 2 is 1.93 bits per heavy atom. The number of hydrogen-bond donors (Lipinski definition) is 2. The van der Waals surface area contributed by atoms with Crippen molar-refractivity contribution in [2.24, 2.45) is 0 Å². The van der Waals surface area contributed by atoms with Gasteiger partial charge in [-0.15, -0.1) is 0 Å². The minimum absolute atomic E-state index is 0.0315. The SMILES string of the molecule is Cc1ccc(NC(=O)COc2ccc(Br)cc2CNCCN2CCOCC2)cc1. The van der Waals surface area contributed by atoms with Crippen LogP contribution in [0.25, 0.3) is 0 Å². The number of hydrogen-bond acceptors (Lipinski definition) is 5. The number of ether oxygens (including phenoxy) is 2. The zero-order chi connectivity index (χ0) is 20.5. The van der Waals surface area contributed by atoms with Gasteiger partial charge < -0.3 is 20.1 Å². The van der Waals surface area contributed by atoms with Gasteiger partial charge in [0.05, 0.1) is 13.2 Å². The van der Waals surface area contributed by atoms with Gasteiger partial charge in [0, 0.05) is 48.4 Å². The molecule has 1 amide bonds. The van der Waals surface area contributed by atoms with E-state index in [1.165, 1.54) is 0 Å². The Morgan fingerprint density at radius 3 is 2.69 bits per heavy atom. The Balaban J connectivity index is 1.47. The molecule has 2 N–H and O–H groups in total. The van der Waals surface area contributed by atoms with E-state index in [1.807, 2.05) is 49.4 Å². The lowest BCUT2D eigenvalue weighted by Crippen LogP contribution is -2.40. The number of benzene rings is 2. The third-order valence-electron chi connectivity index (χ3n) is 4.74. The van der Waals surface area contributed by atoms with Crippen molar-refractivity contribution < 1.29 is 14.3 Å². The van der Waals surface area contributed by atoms with Crippen molar-refractivity contribution in [1.82, 2.24) is 10.2 Å². The molecule has 0 radical (unpaired) electrons. The molecule has 156 valence electrons. The van der Waals surface area contributed by atoms with Crippen molar-refractivity contribution in [1.29, 1.82) is 0 Å². The molecule has 0 saturated carbocycles. The van der Waals surface area contributed by atoms with Crippen LogP contribution in [0.4, 0.5) is 5.69 Å². The second-order valence-corrected chi connectivity index (χ2v) is 8.00. The molecule has 0 aromatic heterocycles. The van der Waals surface area contributed by atoms with Crippen LogP contribution in [0.15, 0.2) is 46.9 Å². The molecule has 1 fully saturated rings. The highest BCUT2D eigenvalue weighted by molar-refractivity contribution is 9.10. The van der Waals surface area contributed by atoms with Gasteiger partial charge in [-0.25, -0.2) is 0 Å². The van der Waals surface area contributed by atoms with E-state index in [-0.39, 0.29) is 12.5 Å². The highest BCUT2D eigenvalue weighted by Crippen LogP contribution is 2.23. The van der Waals surface area contributed by atoms with E-state index in [0.717, 1.165) is 60.7 Å². The van der Waals surface area contributed by atoms with Gasteiger partial charge >= 0.3 is 0 Å². The molecule has 1 aliphatic heterocycles. The van der Waals surface area contributed by atoms with E-state index in [1.54, 1.807) is 0 Å². The normalized spacial score (nSPS) is 14.6. The summed E-state index contributed by atoms with van der Waals surface area (Å²) in [5.41, 5.74) is 2.94. The third-order valence-corrected chi connectivity index (χ3v) is 5.23. The van der Waals surface area contributed by atoms with E-state index >= 15 is 0 Å². The second kappa shape index (κ2) is 11.3. The van der Waals surface area contributed by atoms with Gasteiger partial charge in [-0.1, -0.05) is 33.6 Å². The van der Waals surface area contributed by atoms with Crippen LogP contribution < -0.4 is 15.4 Å². The maximum absolute atomic E-state index is 12.2. The molecule has 0 spiro atoms. The number of nitrogens with zero attached hydrogens (tertiary/aromatic N) is 1. The molecule has 2 aromatic rings. The predicted molar refractivity (Wildman–Crippen MR) is 118 cm³/mol. The van der Waals surface area contributed by atoms with Gasteiger partial charge in [0.15, 0.2) is 6.61 Å². The average Bonchev–Trinajstić information content (AvgIpc) is 2.73. The average molecular weight is 462 g/mol. The van der Waals surface area contributed by atoms with Crippen LogP contribution >= 0.6 is 15.9 Å². The molecular formula is C22H28BrN3O3. The zero-order valence-corrected chi connectivity index (χ0v) is 18.3. The summed E-state index contributed by atoms with van der Waals surface area (Å²) >= 11 is 3.51. The molecule has 0 unspecified atom stereocenters. The van der Waals surface area contributed by atoms with Crippen molar-refractivity contribution in [3.05, 3.63) is 58.1 Å². The first-order chi connectivity index (χ1) is 14.1. The number of morpholine rings is 1. The lowest BCUT2D eigenvalue weighted by atomic mass is 10.2. The Morgan fingerprint density at radius 1 is 1.17 bits per heavy atom. The second-order valence-electron chi connectivity index (χ2n) is 7.09. The summed E-state index contributed by atoms with van der Waals surface area (Å²) in [6.07, 6.45) is 0. The predicted octanol–water partition coefficient (Wildman–Crippen LogP) is 3.20. The molecule has 3 rings (SSSR count). The monoisotopic (exact) mass is 461 g/mol. The molecule has 0 aliphatic carbocycles. The molecule has 1 saturated heterocycles. The summed E-state index contributed by atoms with van der Waals surface area (Å²) in [6.45, 7) is 8.15. The van der Waals surface area contributed by atoms with Gasteiger partial charge in [-0.3, -0.25) is 9.69 Å². The maximum Gasteiger partial charge on any atom is 0.262 e. The topological polar surface area (TPSA) is 62.8 Å². The fraction of sp³-hybridized carbons (Fsp3) is 0.409. The quantitative estimate of drug-likeness (QED) is 0.561. The fourth-order valence-corrected chi connectivity index (χ4v) is 3.50. The first-order valence-electron chi connectivity index (χ1n) is 9.89. The Labute approximate surface area is 180 Å². The van der Waals surface area contributed by atoms with Crippen LogP contribution in [-0.4, -0.2) is 56.8 Å². The van der Waals surface area contributed by atoms with Crippen molar-refractivity contribution in [2.75, 3.05) is 51.3 Å². The molecule has 2 aromatic carbocycles. The highest BCUT2D eigenvalue weighted by Gasteiger charge is 2.11. The summed E-state index contributed by atoms with van der Waals surface area (Å²) in [6, 6.07) is 13.5. The number of nitrogens with one attached hydrogen (secondary N) is 2. The summed E-state index contributed by atoms with van der Waals surface area (Å²) in [5, 5.41) is 6.32. The molecule has 1 heterocycles. The van der Waals surface area contributed by atoms with Crippen LogP contribution in [0.2, 0.25) is 0 Å². The first kappa shape index (κ1) is 21.8. The molecule has 7 heteroatoms. The number of carbonyl (C=O) groups excluding carboxylic acids is 1. The number of amides is 1. The number of anilines is 1. The first-order valence-corrected chi connectivity index (χ1v) is 10.7. The van der Waals surface area contributed by atoms with Crippen molar-refractivity contribution in [3.8, 4) is 5.75 Å². The molecule has 0 bridgehead atoms. The Hall–Kier alpha value is -1.93.